The van der Waals surface area contributed by atoms with E-state index in [1.807, 2.05) is 121 Å². The highest BCUT2D eigenvalue weighted by atomic mass is 16.7. The van der Waals surface area contributed by atoms with Gasteiger partial charge in [0, 0.05) is 0 Å². The first-order valence-electron chi connectivity index (χ1n) is 13.7. The Kier molecular flexibility index (Phi) is 10.5. The van der Waals surface area contributed by atoms with Gasteiger partial charge in [-0.15, -0.1) is 0 Å². The fourth-order valence-corrected chi connectivity index (χ4v) is 4.77. The number of ether oxygens (including phenoxy) is 5. The monoisotopic (exact) mass is 540 g/mol. The van der Waals surface area contributed by atoms with Gasteiger partial charge in [0.05, 0.1) is 33.0 Å². The van der Waals surface area contributed by atoms with Gasteiger partial charge in [-0.05, 0) is 22.3 Å². The van der Waals surface area contributed by atoms with Gasteiger partial charge in [0.15, 0.2) is 6.29 Å². The number of aliphatic hydroxyl groups is 1. The lowest BCUT2D eigenvalue weighted by Crippen LogP contribution is -2.61. The number of hydrogen-bond acceptors (Lipinski definition) is 6. The van der Waals surface area contributed by atoms with Crippen LogP contribution in [0.2, 0.25) is 0 Å². The average molecular weight is 541 g/mol. The summed E-state index contributed by atoms with van der Waals surface area (Å²) in [5.74, 6) is 0. The van der Waals surface area contributed by atoms with E-state index in [9.17, 15) is 5.11 Å². The molecule has 1 aliphatic rings. The van der Waals surface area contributed by atoms with Gasteiger partial charge in [0.25, 0.3) is 0 Å². The predicted molar refractivity (Wildman–Crippen MR) is 152 cm³/mol. The first-order valence-corrected chi connectivity index (χ1v) is 13.7. The summed E-state index contributed by atoms with van der Waals surface area (Å²) < 4.78 is 31.4. The highest BCUT2D eigenvalue weighted by Crippen LogP contribution is 2.30. The van der Waals surface area contributed by atoms with Gasteiger partial charge in [-0.3, -0.25) is 0 Å². The van der Waals surface area contributed by atoms with Crippen LogP contribution in [0.4, 0.5) is 0 Å². The summed E-state index contributed by atoms with van der Waals surface area (Å²) in [6.45, 7) is 1.65. The lowest BCUT2D eigenvalue weighted by atomic mass is 9.98. The molecule has 5 rings (SSSR count). The zero-order valence-corrected chi connectivity index (χ0v) is 22.5. The molecule has 0 bridgehead atoms. The Balaban J connectivity index is 1.36. The predicted octanol–water partition coefficient (Wildman–Crippen LogP) is 5.68. The molecule has 1 aliphatic heterocycles. The highest BCUT2D eigenvalue weighted by Gasteiger charge is 2.48. The van der Waals surface area contributed by atoms with Gasteiger partial charge in [0.2, 0.25) is 0 Å². The summed E-state index contributed by atoms with van der Waals surface area (Å²) >= 11 is 0. The molecule has 1 saturated heterocycles. The molecule has 0 amide bonds. The molecule has 0 unspecified atom stereocenters. The smallest absolute Gasteiger partial charge is 0.184 e. The second-order valence-corrected chi connectivity index (χ2v) is 9.85. The molecule has 0 aromatic heterocycles. The molecular weight excluding hydrogens is 504 g/mol. The minimum atomic E-state index is -1.22. The van der Waals surface area contributed by atoms with Crippen molar-refractivity contribution in [2.24, 2.45) is 0 Å². The van der Waals surface area contributed by atoms with E-state index in [2.05, 4.69) is 0 Å². The van der Waals surface area contributed by atoms with E-state index in [4.69, 9.17) is 23.7 Å². The third-order valence-electron chi connectivity index (χ3n) is 6.86. The van der Waals surface area contributed by atoms with E-state index in [1.165, 1.54) is 0 Å². The Morgan fingerprint density at radius 1 is 0.475 bits per heavy atom. The van der Waals surface area contributed by atoms with Crippen LogP contribution in [-0.2, 0) is 50.1 Å². The summed E-state index contributed by atoms with van der Waals surface area (Å²) in [6, 6.07) is 39.7. The number of aliphatic hydroxyl groups excluding tert-OH is 1. The number of hydrogen-bond donors (Lipinski definition) is 1. The van der Waals surface area contributed by atoms with Gasteiger partial charge in [-0.1, -0.05) is 121 Å². The van der Waals surface area contributed by atoms with Crippen LogP contribution < -0.4 is 0 Å². The van der Waals surface area contributed by atoms with Crippen LogP contribution in [0, 0.1) is 0 Å². The van der Waals surface area contributed by atoms with E-state index in [-0.39, 0.29) is 6.61 Å². The van der Waals surface area contributed by atoms with Crippen LogP contribution >= 0.6 is 0 Å². The molecule has 5 atom stereocenters. The van der Waals surface area contributed by atoms with Crippen molar-refractivity contribution in [1.29, 1.82) is 0 Å². The molecule has 0 spiro atoms. The average Bonchev–Trinajstić information content (AvgIpc) is 3.01. The van der Waals surface area contributed by atoms with Crippen LogP contribution in [0.25, 0.3) is 0 Å². The molecule has 6 nitrogen and oxygen atoms in total. The van der Waals surface area contributed by atoms with Crippen molar-refractivity contribution in [2.45, 2.75) is 57.1 Å². The molecule has 0 saturated carbocycles. The second-order valence-electron chi connectivity index (χ2n) is 9.85. The van der Waals surface area contributed by atoms with Crippen LogP contribution in [0.5, 0.6) is 0 Å². The fourth-order valence-electron chi connectivity index (χ4n) is 4.77. The number of benzene rings is 4. The zero-order chi connectivity index (χ0) is 27.4. The van der Waals surface area contributed by atoms with Crippen molar-refractivity contribution in [3.05, 3.63) is 144 Å². The lowest BCUT2D eigenvalue weighted by Gasteiger charge is -2.44. The highest BCUT2D eigenvalue weighted by molar-refractivity contribution is 5.16. The van der Waals surface area contributed by atoms with Crippen molar-refractivity contribution in [3.8, 4) is 0 Å². The van der Waals surface area contributed by atoms with Crippen LogP contribution in [-0.4, -0.2) is 42.4 Å². The van der Waals surface area contributed by atoms with Gasteiger partial charge < -0.3 is 28.8 Å². The largest absolute Gasteiger partial charge is 0.374 e. The summed E-state index contributed by atoms with van der Waals surface area (Å²) in [6.07, 6.45) is -3.72. The van der Waals surface area contributed by atoms with E-state index in [0.717, 1.165) is 22.3 Å². The molecule has 4 aromatic carbocycles. The Morgan fingerprint density at radius 3 is 1.30 bits per heavy atom. The van der Waals surface area contributed by atoms with Gasteiger partial charge in [-0.2, -0.15) is 0 Å². The van der Waals surface area contributed by atoms with Crippen LogP contribution in [0.3, 0.4) is 0 Å². The fraction of sp³-hybridized carbons (Fsp3) is 0.294. The molecule has 6 heteroatoms. The molecular formula is C34H36O6. The maximum atomic E-state index is 11.2. The van der Waals surface area contributed by atoms with Gasteiger partial charge in [0.1, 0.15) is 24.4 Å². The summed E-state index contributed by atoms with van der Waals surface area (Å²) in [5.41, 5.74) is 4.10. The van der Waals surface area contributed by atoms with Crippen molar-refractivity contribution < 1.29 is 28.8 Å². The topological polar surface area (TPSA) is 66.4 Å². The molecule has 1 heterocycles. The molecule has 40 heavy (non-hydrogen) atoms. The molecule has 4 aromatic rings. The quantitative estimate of drug-likeness (QED) is 0.236. The van der Waals surface area contributed by atoms with Gasteiger partial charge in [-0.25, -0.2) is 0 Å². The standard InChI is InChI=1S/C34H36O6/c35-34-33(39-24-29-19-11-4-12-20-29)32(38-23-28-17-9-3-10-18-28)31(37-22-27-15-7-2-8-16-27)30(40-34)25-36-21-26-13-5-1-6-14-26/h1-20,30-35H,21-25H2/t30-,31+,32+,33-,34-/m0/s1. The summed E-state index contributed by atoms with van der Waals surface area (Å²) in [5, 5.41) is 11.2. The molecule has 0 aliphatic carbocycles. The lowest BCUT2D eigenvalue weighted by molar-refractivity contribution is -0.317. The van der Waals surface area contributed by atoms with Crippen molar-refractivity contribution in [3.63, 3.8) is 0 Å². The molecule has 208 valence electrons. The summed E-state index contributed by atoms with van der Waals surface area (Å²) in [7, 11) is 0. The van der Waals surface area contributed by atoms with Crippen molar-refractivity contribution in [1.82, 2.24) is 0 Å². The first kappa shape index (κ1) is 28.2. The zero-order valence-electron chi connectivity index (χ0n) is 22.5. The third kappa shape index (κ3) is 8.08. The SMILES string of the molecule is O[C@H]1O[C@@H](COCc2ccccc2)[C@@H](OCc2ccccc2)[C@@H](OCc2ccccc2)[C@@H]1OCc1ccccc1. The maximum absolute atomic E-state index is 11.2. The second kappa shape index (κ2) is 14.9. The Hall–Kier alpha value is -3.36. The third-order valence-corrected chi connectivity index (χ3v) is 6.86. The molecule has 0 radical (unpaired) electrons. The van der Waals surface area contributed by atoms with Crippen LogP contribution in [0.1, 0.15) is 22.3 Å². The Bertz CT molecular complexity index is 1240. The number of rotatable bonds is 13. The molecule has 1 N–H and O–H groups in total. The van der Waals surface area contributed by atoms with E-state index >= 15 is 0 Å². The van der Waals surface area contributed by atoms with Crippen LogP contribution in [0.15, 0.2) is 121 Å². The minimum Gasteiger partial charge on any atom is -0.374 e. The van der Waals surface area contributed by atoms with E-state index < -0.39 is 30.7 Å². The van der Waals surface area contributed by atoms with Crippen molar-refractivity contribution in [2.75, 3.05) is 6.61 Å². The Labute approximate surface area is 236 Å². The minimum absolute atomic E-state index is 0.224. The first-order chi connectivity index (χ1) is 19.8. The van der Waals surface area contributed by atoms with Crippen molar-refractivity contribution >= 4 is 0 Å². The molecule has 1 fully saturated rings. The van der Waals surface area contributed by atoms with Gasteiger partial charge >= 0.3 is 0 Å². The maximum Gasteiger partial charge on any atom is 0.184 e. The summed E-state index contributed by atoms with van der Waals surface area (Å²) in [4.78, 5) is 0. The Morgan fingerprint density at radius 2 is 0.850 bits per heavy atom. The van der Waals surface area contributed by atoms with E-state index in [1.54, 1.807) is 0 Å². The van der Waals surface area contributed by atoms with E-state index in [0.29, 0.717) is 26.4 Å². The normalized spacial score (nSPS) is 22.7.